The number of nitrogens with one attached hydrogen (secondary N) is 1. The summed E-state index contributed by atoms with van der Waals surface area (Å²) >= 11 is 6.23. The molecule has 1 aromatic rings. The second-order valence-corrected chi connectivity index (χ2v) is 5.95. The summed E-state index contributed by atoms with van der Waals surface area (Å²) in [6.07, 6.45) is 3.51. The van der Waals surface area contributed by atoms with Gasteiger partial charge in [-0.3, -0.25) is 4.79 Å². The van der Waals surface area contributed by atoms with Crippen LogP contribution in [0.5, 0.6) is 0 Å². The van der Waals surface area contributed by atoms with Gasteiger partial charge in [-0.05, 0) is 36.8 Å². The predicted molar refractivity (Wildman–Crippen MR) is 74.0 cm³/mol. The van der Waals surface area contributed by atoms with Gasteiger partial charge < -0.3 is 10.1 Å². The number of rotatable bonds is 4. The first-order chi connectivity index (χ1) is 9.20. The predicted octanol–water partition coefficient (Wildman–Crippen LogP) is 2.87. The van der Waals surface area contributed by atoms with E-state index >= 15 is 0 Å². The molecular formula is C15H18ClNO2. The summed E-state index contributed by atoms with van der Waals surface area (Å²) in [5.74, 6) is 0.495. The van der Waals surface area contributed by atoms with Crippen molar-refractivity contribution in [1.82, 2.24) is 5.32 Å². The molecule has 1 aliphatic heterocycles. The van der Waals surface area contributed by atoms with E-state index < -0.39 is 0 Å². The highest BCUT2D eigenvalue weighted by Gasteiger charge is 2.46. The highest BCUT2D eigenvalue weighted by atomic mass is 35.5. The van der Waals surface area contributed by atoms with E-state index in [1.807, 2.05) is 24.3 Å². The highest BCUT2D eigenvalue weighted by molar-refractivity contribution is 6.31. The molecule has 19 heavy (non-hydrogen) atoms. The van der Waals surface area contributed by atoms with Crippen molar-refractivity contribution in [2.24, 2.45) is 5.92 Å². The number of halogens is 1. The number of amides is 1. The zero-order chi connectivity index (χ0) is 13.3. The summed E-state index contributed by atoms with van der Waals surface area (Å²) in [4.78, 5) is 12.1. The number of carbonyl (C=O) groups is 1. The van der Waals surface area contributed by atoms with Gasteiger partial charge in [0.2, 0.25) is 5.91 Å². The van der Waals surface area contributed by atoms with E-state index in [0.717, 1.165) is 36.5 Å². The van der Waals surface area contributed by atoms with Gasteiger partial charge in [0.25, 0.3) is 0 Å². The summed E-state index contributed by atoms with van der Waals surface area (Å²) < 4.78 is 5.31. The van der Waals surface area contributed by atoms with Crippen molar-refractivity contribution in [2.75, 3.05) is 13.2 Å². The molecule has 0 aromatic heterocycles. The SMILES string of the molecule is O=C(CC1CCOC1)NC1(c2ccccc2Cl)CC1. The van der Waals surface area contributed by atoms with Crippen LogP contribution < -0.4 is 5.32 Å². The van der Waals surface area contributed by atoms with Crippen LogP contribution in [0.25, 0.3) is 0 Å². The Balaban J connectivity index is 1.65. The van der Waals surface area contributed by atoms with Gasteiger partial charge in [-0.1, -0.05) is 29.8 Å². The summed E-state index contributed by atoms with van der Waals surface area (Å²) in [7, 11) is 0. The van der Waals surface area contributed by atoms with Crippen LogP contribution in [0.3, 0.4) is 0 Å². The molecule has 1 aliphatic carbocycles. The van der Waals surface area contributed by atoms with Gasteiger partial charge in [0.1, 0.15) is 0 Å². The first-order valence-electron chi connectivity index (χ1n) is 6.83. The third-order valence-corrected chi connectivity index (χ3v) is 4.35. The lowest BCUT2D eigenvalue weighted by molar-refractivity contribution is -0.123. The zero-order valence-corrected chi connectivity index (χ0v) is 11.6. The minimum atomic E-state index is -0.213. The van der Waals surface area contributed by atoms with Crippen molar-refractivity contribution in [1.29, 1.82) is 0 Å². The fourth-order valence-corrected chi connectivity index (χ4v) is 3.08. The number of hydrogen-bond acceptors (Lipinski definition) is 2. The first-order valence-corrected chi connectivity index (χ1v) is 7.21. The number of carbonyl (C=O) groups excluding carboxylic acids is 1. The van der Waals surface area contributed by atoms with E-state index in [-0.39, 0.29) is 11.4 Å². The molecule has 4 heteroatoms. The molecule has 3 rings (SSSR count). The lowest BCUT2D eigenvalue weighted by Gasteiger charge is -2.20. The third-order valence-electron chi connectivity index (χ3n) is 4.02. The van der Waals surface area contributed by atoms with Gasteiger partial charge >= 0.3 is 0 Å². The Morgan fingerprint density at radius 3 is 2.84 bits per heavy atom. The molecule has 0 radical (unpaired) electrons. The van der Waals surface area contributed by atoms with E-state index in [4.69, 9.17) is 16.3 Å². The van der Waals surface area contributed by atoms with Crippen LogP contribution in [0, 0.1) is 5.92 Å². The monoisotopic (exact) mass is 279 g/mol. The Morgan fingerprint density at radius 2 is 2.21 bits per heavy atom. The molecule has 1 atom stereocenters. The second kappa shape index (κ2) is 5.14. The molecule has 2 aliphatic rings. The van der Waals surface area contributed by atoms with Crippen LogP contribution in [0.15, 0.2) is 24.3 Å². The lowest BCUT2D eigenvalue weighted by atomic mass is 10.0. The summed E-state index contributed by atoms with van der Waals surface area (Å²) in [6.45, 7) is 1.50. The standard InChI is InChI=1S/C15H18ClNO2/c16-13-4-2-1-3-12(13)15(6-7-15)17-14(18)9-11-5-8-19-10-11/h1-4,11H,5-10H2,(H,17,18). The minimum absolute atomic E-state index is 0.118. The molecule has 1 amide bonds. The Morgan fingerprint density at radius 1 is 1.42 bits per heavy atom. The van der Waals surface area contributed by atoms with Gasteiger partial charge in [0.15, 0.2) is 0 Å². The Kier molecular flexibility index (Phi) is 3.50. The Labute approximate surface area is 118 Å². The van der Waals surface area contributed by atoms with Crippen LogP contribution in [0.1, 0.15) is 31.2 Å². The van der Waals surface area contributed by atoms with Crippen molar-refractivity contribution in [3.8, 4) is 0 Å². The van der Waals surface area contributed by atoms with E-state index in [1.54, 1.807) is 0 Å². The second-order valence-electron chi connectivity index (χ2n) is 5.54. The Bertz CT molecular complexity index is 479. The van der Waals surface area contributed by atoms with Gasteiger partial charge in [-0.2, -0.15) is 0 Å². The highest BCUT2D eigenvalue weighted by Crippen LogP contribution is 2.48. The van der Waals surface area contributed by atoms with Crippen molar-refractivity contribution < 1.29 is 9.53 Å². The maximum Gasteiger partial charge on any atom is 0.221 e. The average molecular weight is 280 g/mol. The quantitative estimate of drug-likeness (QED) is 0.920. The fraction of sp³-hybridized carbons (Fsp3) is 0.533. The zero-order valence-electron chi connectivity index (χ0n) is 10.8. The molecule has 1 unspecified atom stereocenters. The fourth-order valence-electron chi connectivity index (χ4n) is 2.76. The molecule has 1 N–H and O–H groups in total. The molecular weight excluding hydrogens is 262 g/mol. The molecule has 3 nitrogen and oxygen atoms in total. The molecule has 0 spiro atoms. The number of hydrogen-bond donors (Lipinski definition) is 1. The average Bonchev–Trinajstić information content (AvgIpc) is 2.97. The van der Waals surface area contributed by atoms with Gasteiger partial charge in [-0.15, -0.1) is 0 Å². The molecule has 0 bridgehead atoms. The normalized spacial score (nSPS) is 24.2. The minimum Gasteiger partial charge on any atom is -0.381 e. The van der Waals surface area contributed by atoms with E-state index in [1.165, 1.54) is 0 Å². The van der Waals surface area contributed by atoms with Crippen LogP contribution in [0.4, 0.5) is 0 Å². The topological polar surface area (TPSA) is 38.3 Å². The van der Waals surface area contributed by atoms with E-state index in [0.29, 0.717) is 18.9 Å². The van der Waals surface area contributed by atoms with Crippen molar-refractivity contribution >= 4 is 17.5 Å². The summed E-state index contributed by atoms with van der Waals surface area (Å²) in [5, 5.41) is 3.91. The maximum absolute atomic E-state index is 12.1. The maximum atomic E-state index is 12.1. The van der Waals surface area contributed by atoms with Gasteiger partial charge in [0.05, 0.1) is 5.54 Å². The summed E-state index contributed by atoms with van der Waals surface area (Å²) in [5.41, 5.74) is 0.835. The largest absolute Gasteiger partial charge is 0.381 e. The van der Waals surface area contributed by atoms with Crippen LogP contribution in [0.2, 0.25) is 5.02 Å². The van der Waals surface area contributed by atoms with Crippen LogP contribution in [-0.2, 0) is 15.1 Å². The lowest BCUT2D eigenvalue weighted by Crippen LogP contribution is -2.36. The van der Waals surface area contributed by atoms with Crippen molar-refractivity contribution in [3.63, 3.8) is 0 Å². The van der Waals surface area contributed by atoms with E-state index in [2.05, 4.69) is 5.32 Å². The molecule has 1 saturated heterocycles. The molecule has 2 fully saturated rings. The molecule has 1 aromatic carbocycles. The first kappa shape index (κ1) is 12.9. The third kappa shape index (κ3) is 2.77. The van der Waals surface area contributed by atoms with E-state index in [9.17, 15) is 4.79 Å². The van der Waals surface area contributed by atoms with Crippen molar-refractivity contribution in [3.05, 3.63) is 34.9 Å². The Hall–Kier alpha value is -1.06. The number of benzene rings is 1. The van der Waals surface area contributed by atoms with Gasteiger partial charge in [0, 0.05) is 24.7 Å². The number of ether oxygens (including phenoxy) is 1. The summed E-state index contributed by atoms with van der Waals surface area (Å²) in [6, 6.07) is 7.78. The van der Waals surface area contributed by atoms with Crippen LogP contribution >= 0.6 is 11.6 Å². The molecule has 102 valence electrons. The van der Waals surface area contributed by atoms with Gasteiger partial charge in [-0.25, -0.2) is 0 Å². The molecule has 1 saturated carbocycles. The van der Waals surface area contributed by atoms with Crippen molar-refractivity contribution in [2.45, 2.75) is 31.2 Å². The molecule has 1 heterocycles. The smallest absolute Gasteiger partial charge is 0.221 e. The van der Waals surface area contributed by atoms with Crippen LogP contribution in [-0.4, -0.2) is 19.1 Å².